The normalized spacial score (nSPS) is 11.6. The van der Waals surface area contributed by atoms with E-state index in [0.29, 0.717) is 13.1 Å². The van der Waals surface area contributed by atoms with Gasteiger partial charge in [-0.2, -0.15) is 0 Å². The molecule has 0 amide bonds. The van der Waals surface area contributed by atoms with Crippen molar-refractivity contribution in [1.29, 1.82) is 0 Å². The van der Waals surface area contributed by atoms with Gasteiger partial charge in [0.05, 0.1) is 0 Å². The summed E-state index contributed by atoms with van der Waals surface area (Å²) in [6.45, 7) is 9.96. The fourth-order valence-corrected chi connectivity index (χ4v) is 10.9. The molecule has 0 fully saturated rings. The molecule has 0 aromatic carbocycles. The first kappa shape index (κ1) is 18.0. The maximum Gasteiger partial charge on any atom is 0.173 e. The highest BCUT2D eigenvalue weighted by atomic mass is 28.4. The fourth-order valence-electron chi connectivity index (χ4n) is 2.09. The van der Waals surface area contributed by atoms with Gasteiger partial charge in [0, 0.05) is 22.9 Å². The van der Waals surface area contributed by atoms with Gasteiger partial charge in [0.25, 0.3) is 0 Å². The Morgan fingerprint density at radius 2 is 1.21 bits per heavy atom. The Kier molecular flexibility index (Phi) is 8.54. The first-order chi connectivity index (χ1) is 8.83. The van der Waals surface area contributed by atoms with Crippen LogP contribution in [0.15, 0.2) is 10.2 Å². The van der Waals surface area contributed by atoms with Gasteiger partial charge in [-0.25, -0.2) is 0 Å². The van der Waals surface area contributed by atoms with E-state index in [-0.39, 0.29) is 0 Å². The highest BCUT2D eigenvalue weighted by Crippen LogP contribution is 2.23. The molecule has 0 spiro atoms. The van der Waals surface area contributed by atoms with Crippen LogP contribution in [0.1, 0.15) is 12.8 Å². The number of rotatable bonds is 10. The lowest BCUT2D eigenvalue weighted by atomic mass is 10.5. The van der Waals surface area contributed by atoms with Crippen molar-refractivity contribution in [3.05, 3.63) is 20.9 Å². The molecule has 7 nitrogen and oxygen atoms in total. The largest absolute Gasteiger partial charge is 0.455 e. The van der Waals surface area contributed by atoms with Crippen molar-refractivity contribution < 1.29 is 4.12 Å². The van der Waals surface area contributed by atoms with Gasteiger partial charge in [0.15, 0.2) is 16.6 Å². The predicted octanol–water partition coefficient (Wildman–Crippen LogP) is 4.81. The topological polar surface area (TPSA) is 107 Å². The van der Waals surface area contributed by atoms with Crippen molar-refractivity contribution >= 4 is 16.6 Å². The third-order valence-electron chi connectivity index (χ3n) is 2.75. The Morgan fingerprint density at radius 1 is 0.842 bits per heavy atom. The van der Waals surface area contributed by atoms with Crippen molar-refractivity contribution in [2.45, 2.75) is 51.1 Å². The molecule has 0 aliphatic carbocycles. The van der Waals surface area contributed by atoms with E-state index < -0.39 is 16.6 Å². The van der Waals surface area contributed by atoms with Gasteiger partial charge >= 0.3 is 0 Å². The molecule has 9 heteroatoms. The molecule has 0 atom stereocenters. The van der Waals surface area contributed by atoms with Crippen LogP contribution in [-0.4, -0.2) is 29.7 Å². The fraction of sp³-hybridized carbons (Fsp3) is 1.00. The second-order valence-corrected chi connectivity index (χ2v) is 14.6. The summed E-state index contributed by atoms with van der Waals surface area (Å²) in [7, 11) is -3.36. The predicted molar refractivity (Wildman–Crippen MR) is 82.9 cm³/mol. The molecule has 0 N–H and O–H groups in total. The van der Waals surface area contributed by atoms with E-state index in [1.165, 1.54) is 0 Å². The highest BCUT2D eigenvalue weighted by molar-refractivity contribution is 6.84. The Balaban J connectivity index is 4.12. The molecule has 0 saturated heterocycles. The monoisotopic (exact) mass is 300 g/mol. The van der Waals surface area contributed by atoms with Gasteiger partial charge < -0.3 is 4.12 Å². The van der Waals surface area contributed by atoms with Crippen LogP contribution in [0, 0.1) is 0 Å². The average Bonchev–Trinajstić information content (AvgIpc) is 2.29. The zero-order valence-corrected chi connectivity index (χ0v) is 14.3. The first-order valence-electron chi connectivity index (χ1n) is 6.55. The second-order valence-electron chi connectivity index (χ2n) is 5.74. The molecule has 0 aromatic heterocycles. The lowest BCUT2D eigenvalue weighted by molar-refractivity contribution is 0.531. The van der Waals surface area contributed by atoms with Crippen LogP contribution >= 0.6 is 0 Å². The molecule has 0 heterocycles. The van der Waals surface area contributed by atoms with Crippen LogP contribution < -0.4 is 0 Å². The van der Waals surface area contributed by atoms with E-state index >= 15 is 0 Å². The molecular formula is C10H24N6OSi2. The Bertz CT molecular complexity index is 327. The van der Waals surface area contributed by atoms with Gasteiger partial charge in [0.2, 0.25) is 0 Å². The first-order valence-corrected chi connectivity index (χ1v) is 12.8. The Morgan fingerprint density at radius 3 is 1.53 bits per heavy atom. The van der Waals surface area contributed by atoms with Crippen molar-refractivity contribution in [2.75, 3.05) is 13.1 Å². The number of hydrogen-bond acceptors (Lipinski definition) is 3. The van der Waals surface area contributed by atoms with Crippen LogP contribution in [0.2, 0.25) is 38.3 Å². The molecule has 0 radical (unpaired) electrons. The molecule has 108 valence electrons. The van der Waals surface area contributed by atoms with Crippen LogP contribution in [0.25, 0.3) is 20.9 Å². The highest BCUT2D eigenvalue weighted by Gasteiger charge is 2.31. The lowest BCUT2D eigenvalue weighted by Crippen LogP contribution is -2.44. The van der Waals surface area contributed by atoms with Crippen molar-refractivity contribution in [2.24, 2.45) is 10.2 Å². The van der Waals surface area contributed by atoms with Gasteiger partial charge in [0.1, 0.15) is 0 Å². The van der Waals surface area contributed by atoms with E-state index in [0.717, 1.165) is 24.9 Å². The quantitative estimate of drug-likeness (QED) is 0.186. The van der Waals surface area contributed by atoms with Crippen LogP contribution in [0.4, 0.5) is 0 Å². The summed E-state index contributed by atoms with van der Waals surface area (Å²) in [5.74, 6) is 0. The number of nitrogens with zero attached hydrogens (tertiary/aromatic N) is 6. The smallest absolute Gasteiger partial charge is 0.173 e. The van der Waals surface area contributed by atoms with Crippen molar-refractivity contribution in [1.82, 2.24) is 0 Å². The zero-order valence-electron chi connectivity index (χ0n) is 12.3. The molecule has 19 heavy (non-hydrogen) atoms. The summed E-state index contributed by atoms with van der Waals surface area (Å²) in [6.07, 6.45) is 1.79. The van der Waals surface area contributed by atoms with E-state index in [1.807, 2.05) is 0 Å². The van der Waals surface area contributed by atoms with Gasteiger partial charge in [-0.05, 0) is 62.2 Å². The average molecular weight is 301 g/mol. The standard InChI is InChI=1S/C10H24N6OSi2/c1-18(2,9-5-7-13-15-11)17-19(3,4)10-6-8-14-16-12/h5-10H2,1-4H3. The van der Waals surface area contributed by atoms with Gasteiger partial charge in [-0.3, -0.25) is 0 Å². The molecule has 0 saturated carbocycles. The van der Waals surface area contributed by atoms with Gasteiger partial charge in [-0.15, -0.1) is 0 Å². The molecule has 0 aliphatic heterocycles. The molecule has 0 rings (SSSR count). The minimum Gasteiger partial charge on any atom is -0.455 e. The summed E-state index contributed by atoms with van der Waals surface area (Å²) >= 11 is 0. The summed E-state index contributed by atoms with van der Waals surface area (Å²) in [6, 6.07) is 2.03. The second kappa shape index (κ2) is 9.00. The Hall–Kier alpha value is -0.986. The van der Waals surface area contributed by atoms with Gasteiger partial charge in [-0.1, -0.05) is 10.2 Å². The summed E-state index contributed by atoms with van der Waals surface area (Å²) in [4.78, 5) is 5.51. The minimum atomic E-state index is -1.68. The summed E-state index contributed by atoms with van der Waals surface area (Å²) < 4.78 is 6.39. The third-order valence-corrected chi connectivity index (χ3v) is 10.3. The number of hydrogen-bond donors (Lipinski definition) is 0. The SMILES string of the molecule is C[Si](C)(CCCN=[N+]=[N-])O[Si](C)(C)CCCN=[N+]=[N-]. The summed E-state index contributed by atoms with van der Waals surface area (Å²) in [5, 5.41) is 7.11. The third kappa shape index (κ3) is 10.6. The molecular weight excluding hydrogens is 276 g/mol. The zero-order chi connectivity index (χ0) is 14.8. The van der Waals surface area contributed by atoms with Crippen LogP contribution in [-0.2, 0) is 4.12 Å². The minimum absolute atomic E-state index is 0.551. The molecule has 0 unspecified atom stereocenters. The van der Waals surface area contributed by atoms with Crippen molar-refractivity contribution in [3.8, 4) is 0 Å². The maximum atomic E-state index is 8.23. The Labute approximate surface area is 116 Å². The van der Waals surface area contributed by atoms with E-state index in [9.17, 15) is 0 Å². The van der Waals surface area contributed by atoms with Crippen LogP contribution in [0.5, 0.6) is 0 Å². The molecule has 0 bridgehead atoms. The van der Waals surface area contributed by atoms with Crippen LogP contribution in [0.3, 0.4) is 0 Å². The van der Waals surface area contributed by atoms with E-state index in [1.54, 1.807) is 0 Å². The molecule has 0 aliphatic rings. The maximum absolute atomic E-state index is 8.23. The van der Waals surface area contributed by atoms with E-state index in [2.05, 4.69) is 46.2 Å². The number of azide groups is 2. The van der Waals surface area contributed by atoms with Crippen molar-refractivity contribution in [3.63, 3.8) is 0 Å². The molecule has 0 aromatic rings. The lowest BCUT2D eigenvalue weighted by Gasteiger charge is -2.34. The van der Waals surface area contributed by atoms with E-state index in [4.69, 9.17) is 15.2 Å². The summed E-state index contributed by atoms with van der Waals surface area (Å²) in [5.41, 5.74) is 16.5.